The van der Waals surface area contributed by atoms with Crippen molar-refractivity contribution in [3.05, 3.63) is 11.6 Å². The van der Waals surface area contributed by atoms with Crippen molar-refractivity contribution in [1.29, 1.82) is 0 Å². The van der Waals surface area contributed by atoms with Crippen LogP contribution in [0.15, 0.2) is 0 Å². The summed E-state index contributed by atoms with van der Waals surface area (Å²) >= 11 is 0. The monoisotopic (exact) mass is 332 g/mol. The highest BCUT2D eigenvalue weighted by Gasteiger charge is 2.15. The first-order valence-corrected chi connectivity index (χ1v) is 10.0. The lowest BCUT2D eigenvalue weighted by Crippen LogP contribution is -2.26. The molecule has 1 N–H and O–H groups in total. The number of hydrogen-bond acceptors (Lipinski definition) is 3. The Kier molecular flexibility index (Phi) is 6.67. The molecule has 3 rings (SSSR count). The number of hydrogen-bond donors (Lipinski definition) is 1. The average molecular weight is 332 g/mol. The number of fused-ring (bicyclic) bond motifs is 1. The van der Waals surface area contributed by atoms with E-state index in [1.807, 2.05) is 0 Å². The number of carbonyl (C=O) groups is 1. The van der Waals surface area contributed by atoms with E-state index in [1.54, 1.807) is 0 Å². The molecule has 1 fully saturated rings. The van der Waals surface area contributed by atoms with Gasteiger partial charge in [-0.2, -0.15) is 0 Å². The van der Waals surface area contributed by atoms with Gasteiger partial charge in [0, 0.05) is 32.4 Å². The maximum atomic E-state index is 12.0. The number of nitrogens with one attached hydrogen (secondary N) is 1. The second-order valence-electron chi connectivity index (χ2n) is 7.49. The van der Waals surface area contributed by atoms with Crippen LogP contribution in [0, 0.1) is 5.92 Å². The molecule has 5 heteroatoms. The minimum atomic E-state index is 0.196. The van der Waals surface area contributed by atoms with Crippen LogP contribution in [0.5, 0.6) is 0 Å². The van der Waals surface area contributed by atoms with Gasteiger partial charge >= 0.3 is 0 Å². The molecule has 0 spiro atoms. The summed E-state index contributed by atoms with van der Waals surface area (Å²) in [6.45, 7) is 1.72. The molecule has 0 unspecified atom stereocenters. The van der Waals surface area contributed by atoms with Gasteiger partial charge in [0.2, 0.25) is 5.91 Å². The van der Waals surface area contributed by atoms with Crippen LogP contribution in [-0.4, -0.2) is 27.2 Å². The van der Waals surface area contributed by atoms with Crippen molar-refractivity contribution < 1.29 is 4.79 Å². The van der Waals surface area contributed by atoms with Gasteiger partial charge in [-0.25, -0.2) is 0 Å². The topological polar surface area (TPSA) is 59.8 Å². The number of amides is 1. The van der Waals surface area contributed by atoms with Crippen molar-refractivity contribution in [1.82, 2.24) is 20.1 Å². The Morgan fingerprint density at radius 1 is 1.08 bits per heavy atom. The fourth-order valence-electron chi connectivity index (χ4n) is 4.16. The van der Waals surface area contributed by atoms with Crippen LogP contribution in [-0.2, 0) is 24.2 Å². The predicted octanol–water partition coefficient (Wildman–Crippen LogP) is 3.41. The normalized spacial score (nSPS) is 18.8. The summed E-state index contributed by atoms with van der Waals surface area (Å²) in [5.74, 6) is 3.23. The quantitative estimate of drug-likeness (QED) is 0.832. The highest BCUT2D eigenvalue weighted by Crippen LogP contribution is 2.27. The summed E-state index contributed by atoms with van der Waals surface area (Å²) in [5.41, 5.74) is 0. The molecule has 5 nitrogen and oxygen atoms in total. The minimum absolute atomic E-state index is 0.196. The SMILES string of the molecule is O=C(CCCC1CCCCC1)NCCc1nnc2n1CCCCC2. The first-order valence-electron chi connectivity index (χ1n) is 10.0. The number of nitrogens with zero attached hydrogens (tertiary/aromatic N) is 3. The smallest absolute Gasteiger partial charge is 0.220 e. The van der Waals surface area contributed by atoms with Crippen molar-refractivity contribution in [2.24, 2.45) is 5.92 Å². The minimum Gasteiger partial charge on any atom is -0.356 e. The first kappa shape index (κ1) is 17.4. The molecule has 1 aromatic heterocycles. The van der Waals surface area contributed by atoms with Crippen LogP contribution >= 0.6 is 0 Å². The Labute approximate surface area is 145 Å². The van der Waals surface area contributed by atoms with E-state index in [0.29, 0.717) is 13.0 Å². The van der Waals surface area contributed by atoms with Gasteiger partial charge in [0.05, 0.1) is 0 Å². The standard InChI is InChI=1S/C19H32N4O/c24-19(12-7-10-16-8-3-1-4-9-16)20-14-13-18-22-21-17-11-5-2-6-15-23(17)18/h16H,1-15H2,(H,20,24). The van der Waals surface area contributed by atoms with E-state index in [1.165, 1.54) is 57.8 Å². The van der Waals surface area contributed by atoms with Gasteiger partial charge in [-0.15, -0.1) is 10.2 Å². The molecular formula is C19H32N4O. The second-order valence-corrected chi connectivity index (χ2v) is 7.49. The Hall–Kier alpha value is -1.39. The van der Waals surface area contributed by atoms with Gasteiger partial charge in [0.15, 0.2) is 0 Å². The largest absolute Gasteiger partial charge is 0.356 e. The third-order valence-electron chi connectivity index (χ3n) is 5.60. The number of rotatable bonds is 7. The van der Waals surface area contributed by atoms with Crippen molar-refractivity contribution in [3.63, 3.8) is 0 Å². The maximum absolute atomic E-state index is 12.0. The van der Waals surface area contributed by atoms with Crippen LogP contribution in [0.4, 0.5) is 0 Å². The molecule has 1 aliphatic carbocycles. The summed E-state index contributed by atoms with van der Waals surface area (Å²) in [5, 5.41) is 11.7. The van der Waals surface area contributed by atoms with E-state index in [0.717, 1.165) is 43.4 Å². The van der Waals surface area contributed by atoms with Crippen LogP contribution < -0.4 is 5.32 Å². The van der Waals surface area contributed by atoms with E-state index in [4.69, 9.17) is 0 Å². The van der Waals surface area contributed by atoms with E-state index >= 15 is 0 Å². The molecule has 1 aromatic rings. The van der Waals surface area contributed by atoms with Crippen molar-refractivity contribution in [2.75, 3.05) is 6.54 Å². The van der Waals surface area contributed by atoms with Crippen LogP contribution in [0.25, 0.3) is 0 Å². The lowest BCUT2D eigenvalue weighted by molar-refractivity contribution is -0.121. The zero-order chi connectivity index (χ0) is 16.6. The van der Waals surface area contributed by atoms with Crippen molar-refractivity contribution in [3.8, 4) is 0 Å². The number of carbonyl (C=O) groups excluding carboxylic acids is 1. The summed E-state index contributed by atoms with van der Waals surface area (Å²) < 4.78 is 2.27. The fraction of sp³-hybridized carbons (Fsp3) is 0.842. The molecule has 0 atom stereocenters. The Balaban J connectivity index is 1.32. The second kappa shape index (κ2) is 9.19. The van der Waals surface area contributed by atoms with Gasteiger partial charge in [-0.05, 0) is 31.6 Å². The van der Waals surface area contributed by atoms with E-state index in [9.17, 15) is 4.79 Å². The van der Waals surface area contributed by atoms with Gasteiger partial charge in [-0.3, -0.25) is 4.79 Å². The molecule has 2 heterocycles. The third-order valence-corrected chi connectivity index (χ3v) is 5.60. The zero-order valence-corrected chi connectivity index (χ0v) is 14.9. The van der Waals surface area contributed by atoms with E-state index < -0.39 is 0 Å². The highest BCUT2D eigenvalue weighted by molar-refractivity contribution is 5.75. The van der Waals surface area contributed by atoms with Gasteiger partial charge < -0.3 is 9.88 Å². The summed E-state index contributed by atoms with van der Waals surface area (Å²) in [6.07, 6.45) is 15.4. The molecule has 0 bridgehead atoms. The van der Waals surface area contributed by atoms with Gasteiger partial charge in [0.1, 0.15) is 11.6 Å². The molecular weight excluding hydrogens is 300 g/mol. The van der Waals surface area contributed by atoms with Gasteiger partial charge in [0.25, 0.3) is 0 Å². The van der Waals surface area contributed by atoms with E-state index in [2.05, 4.69) is 20.1 Å². The third kappa shape index (κ3) is 5.05. The molecule has 1 amide bonds. The van der Waals surface area contributed by atoms with E-state index in [-0.39, 0.29) is 5.91 Å². The average Bonchev–Trinajstić information content (AvgIpc) is 2.83. The molecule has 0 aromatic carbocycles. The lowest BCUT2D eigenvalue weighted by atomic mass is 9.86. The molecule has 0 radical (unpaired) electrons. The number of aromatic nitrogens is 3. The zero-order valence-electron chi connectivity index (χ0n) is 14.9. The molecule has 134 valence electrons. The molecule has 2 aliphatic rings. The highest BCUT2D eigenvalue weighted by atomic mass is 16.1. The van der Waals surface area contributed by atoms with Gasteiger partial charge in [-0.1, -0.05) is 38.5 Å². The van der Waals surface area contributed by atoms with Crippen molar-refractivity contribution >= 4 is 5.91 Å². The number of aryl methyl sites for hydroxylation is 1. The van der Waals surface area contributed by atoms with Crippen LogP contribution in [0.3, 0.4) is 0 Å². The lowest BCUT2D eigenvalue weighted by Gasteiger charge is -2.21. The first-order chi connectivity index (χ1) is 11.8. The van der Waals surface area contributed by atoms with Crippen LogP contribution in [0.1, 0.15) is 82.3 Å². The fourth-order valence-corrected chi connectivity index (χ4v) is 4.16. The van der Waals surface area contributed by atoms with Crippen LogP contribution in [0.2, 0.25) is 0 Å². The van der Waals surface area contributed by atoms with Crippen molar-refractivity contribution in [2.45, 2.75) is 90.0 Å². The Morgan fingerprint density at radius 2 is 1.92 bits per heavy atom. The molecule has 0 saturated heterocycles. The molecule has 24 heavy (non-hydrogen) atoms. The predicted molar refractivity (Wildman–Crippen MR) is 94.7 cm³/mol. The summed E-state index contributed by atoms with van der Waals surface area (Å²) in [6, 6.07) is 0. The Bertz CT molecular complexity index is 519. The summed E-state index contributed by atoms with van der Waals surface area (Å²) in [7, 11) is 0. The maximum Gasteiger partial charge on any atom is 0.220 e. The molecule has 1 aliphatic heterocycles. The summed E-state index contributed by atoms with van der Waals surface area (Å²) in [4.78, 5) is 12.0. The molecule has 1 saturated carbocycles. The Morgan fingerprint density at radius 3 is 2.79 bits per heavy atom.